The van der Waals surface area contributed by atoms with Crippen LogP contribution in [0.5, 0.6) is 5.75 Å². The number of ether oxygens (including phenoxy) is 1. The highest BCUT2D eigenvalue weighted by atomic mass is 16.5. The molecule has 0 aromatic heterocycles. The van der Waals surface area contributed by atoms with Crippen LogP contribution in [0, 0.1) is 5.92 Å². The lowest BCUT2D eigenvalue weighted by atomic mass is 9.86. The van der Waals surface area contributed by atoms with E-state index in [9.17, 15) is 9.90 Å². The second-order valence-electron chi connectivity index (χ2n) is 7.76. The molecule has 2 heterocycles. The van der Waals surface area contributed by atoms with Gasteiger partial charge >= 0.3 is 0 Å². The summed E-state index contributed by atoms with van der Waals surface area (Å²) in [7, 11) is 2.18. The van der Waals surface area contributed by atoms with Crippen molar-refractivity contribution in [2.24, 2.45) is 5.92 Å². The first-order valence-electron chi connectivity index (χ1n) is 10.2. The van der Waals surface area contributed by atoms with Crippen molar-refractivity contribution in [2.45, 2.75) is 25.3 Å². The van der Waals surface area contributed by atoms with Crippen LogP contribution in [0.4, 0.5) is 0 Å². The van der Waals surface area contributed by atoms with Crippen molar-refractivity contribution in [2.75, 3.05) is 59.5 Å². The fraction of sp³-hybridized carbons (Fsp3) is 0.667. The highest BCUT2D eigenvalue weighted by Crippen LogP contribution is 2.27. The minimum Gasteiger partial charge on any atom is -0.484 e. The van der Waals surface area contributed by atoms with Crippen molar-refractivity contribution in [3.63, 3.8) is 0 Å². The van der Waals surface area contributed by atoms with Gasteiger partial charge in [-0.2, -0.15) is 0 Å². The van der Waals surface area contributed by atoms with Crippen LogP contribution in [0.3, 0.4) is 0 Å². The summed E-state index contributed by atoms with van der Waals surface area (Å²) in [6.07, 6.45) is 2.78. The molecule has 0 radical (unpaired) electrons. The second kappa shape index (κ2) is 10.1. The van der Waals surface area contributed by atoms with Crippen molar-refractivity contribution in [1.29, 1.82) is 0 Å². The second-order valence-corrected chi connectivity index (χ2v) is 7.76. The largest absolute Gasteiger partial charge is 0.484 e. The summed E-state index contributed by atoms with van der Waals surface area (Å²) in [5.74, 6) is 1.22. The minimum absolute atomic E-state index is 0.0599. The molecule has 0 aliphatic carbocycles. The number of piperidine rings is 1. The number of likely N-dealkylation sites (N-methyl/N-ethyl adjacent to an activating group) is 1. The van der Waals surface area contributed by atoms with Gasteiger partial charge < -0.3 is 19.6 Å². The van der Waals surface area contributed by atoms with E-state index < -0.39 is 0 Å². The van der Waals surface area contributed by atoms with Gasteiger partial charge in [-0.3, -0.25) is 9.69 Å². The number of para-hydroxylation sites is 1. The predicted octanol–water partition coefficient (Wildman–Crippen LogP) is 1.30. The minimum atomic E-state index is 0.0599. The number of aliphatic hydroxyl groups is 1. The van der Waals surface area contributed by atoms with Gasteiger partial charge in [0.2, 0.25) is 0 Å². The van der Waals surface area contributed by atoms with Crippen LogP contribution in [0.25, 0.3) is 0 Å². The number of hydrogen-bond donors (Lipinski definition) is 1. The molecule has 2 saturated heterocycles. The maximum Gasteiger partial charge on any atom is 0.260 e. The van der Waals surface area contributed by atoms with E-state index in [1.165, 1.54) is 0 Å². The summed E-state index contributed by atoms with van der Waals surface area (Å²) in [6.45, 7) is 6.29. The maximum absolute atomic E-state index is 12.6. The highest BCUT2D eigenvalue weighted by molar-refractivity contribution is 5.77. The van der Waals surface area contributed by atoms with Crippen LogP contribution in [-0.4, -0.2) is 91.3 Å². The van der Waals surface area contributed by atoms with Gasteiger partial charge in [0.15, 0.2) is 6.61 Å². The topological polar surface area (TPSA) is 56.2 Å². The number of hydrogen-bond acceptors (Lipinski definition) is 5. The third-order valence-corrected chi connectivity index (χ3v) is 5.89. The molecule has 27 heavy (non-hydrogen) atoms. The van der Waals surface area contributed by atoms with Gasteiger partial charge in [0.25, 0.3) is 5.91 Å². The maximum atomic E-state index is 12.6. The number of carbonyl (C=O) groups is 1. The lowest BCUT2D eigenvalue weighted by molar-refractivity contribution is -0.136. The van der Waals surface area contributed by atoms with Gasteiger partial charge in [0.05, 0.1) is 0 Å². The zero-order valence-corrected chi connectivity index (χ0v) is 16.4. The normalized spacial score (nSPS) is 24.7. The Labute approximate surface area is 162 Å². The first-order valence-corrected chi connectivity index (χ1v) is 10.2. The Morgan fingerprint density at radius 3 is 2.59 bits per heavy atom. The molecule has 150 valence electrons. The predicted molar refractivity (Wildman–Crippen MR) is 106 cm³/mol. The van der Waals surface area contributed by atoms with E-state index in [-0.39, 0.29) is 19.1 Å². The Morgan fingerprint density at radius 2 is 1.89 bits per heavy atom. The first kappa shape index (κ1) is 20.1. The molecule has 1 aromatic carbocycles. The average Bonchev–Trinajstić information content (AvgIpc) is 2.71. The smallest absolute Gasteiger partial charge is 0.260 e. The summed E-state index contributed by atoms with van der Waals surface area (Å²) < 4.78 is 5.65. The van der Waals surface area contributed by atoms with Gasteiger partial charge in [0.1, 0.15) is 5.75 Å². The summed E-state index contributed by atoms with van der Waals surface area (Å²) >= 11 is 0. The molecule has 0 saturated carbocycles. The summed E-state index contributed by atoms with van der Waals surface area (Å²) in [6, 6.07) is 10.0. The third-order valence-electron chi connectivity index (χ3n) is 5.89. The lowest BCUT2D eigenvalue weighted by Crippen LogP contribution is -2.57. The van der Waals surface area contributed by atoms with Crippen LogP contribution in [0.2, 0.25) is 0 Å². The molecule has 1 aromatic rings. The van der Waals surface area contributed by atoms with E-state index >= 15 is 0 Å². The summed E-state index contributed by atoms with van der Waals surface area (Å²) in [4.78, 5) is 19.6. The number of piperazine rings is 1. The molecule has 1 amide bonds. The van der Waals surface area contributed by atoms with E-state index in [1.54, 1.807) is 0 Å². The lowest BCUT2D eigenvalue weighted by Gasteiger charge is -2.46. The molecule has 2 aliphatic heterocycles. The van der Waals surface area contributed by atoms with Crippen LogP contribution in [0.1, 0.15) is 19.3 Å². The Bertz CT molecular complexity index is 575. The van der Waals surface area contributed by atoms with Crippen LogP contribution in [-0.2, 0) is 4.79 Å². The molecule has 0 spiro atoms. The number of likely N-dealkylation sites (tertiary alicyclic amines) is 1. The van der Waals surface area contributed by atoms with Gasteiger partial charge in [0, 0.05) is 51.9 Å². The standard InChI is InChI=1S/C21H33N3O3/c1-22-11-13-23(14-12-22)20-9-10-24(16-18(20)6-5-15-25)21(26)17-27-19-7-3-2-4-8-19/h2-4,7-8,18,20,25H,5-6,9-17H2,1H3/t18-,20+/m1/s1. The SMILES string of the molecule is CN1CCN([C@H]2CCN(C(=O)COc3ccccc3)C[C@H]2CCCO)CC1. The third kappa shape index (κ3) is 5.67. The number of benzene rings is 1. The van der Waals surface area contributed by atoms with Crippen LogP contribution < -0.4 is 4.74 Å². The Kier molecular flexibility index (Phi) is 7.50. The molecular formula is C21H33N3O3. The Hall–Kier alpha value is -1.63. The molecule has 2 aliphatic rings. The zero-order valence-electron chi connectivity index (χ0n) is 16.4. The quantitative estimate of drug-likeness (QED) is 0.779. The molecule has 0 unspecified atom stereocenters. The molecule has 1 N–H and O–H groups in total. The first-order chi connectivity index (χ1) is 13.2. The van der Waals surface area contributed by atoms with Gasteiger partial charge in [-0.15, -0.1) is 0 Å². The highest BCUT2D eigenvalue weighted by Gasteiger charge is 2.35. The molecule has 2 fully saturated rings. The zero-order chi connectivity index (χ0) is 19.1. The van der Waals surface area contributed by atoms with E-state index in [0.717, 1.165) is 64.3 Å². The molecule has 6 nitrogen and oxygen atoms in total. The van der Waals surface area contributed by atoms with Crippen molar-refractivity contribution in [1.82, 2.24) is 14.7 Å². The fourth-order valence-electron chi connectivity index (χ4n) is 4.27. The van der Waals surface area contributed by atoms with Crippen molar-refractivity contribution < 1.29 is 14.6 Å². The van der Waals surface area contributed by atoms with E-state index in [0.29, 0.717) is 12.0 Å². The average molecular weight is 376 g/mol. The van der Waals surface area contributed by atoms with Crippen LogP contribution in [0.15, 0.2) is 30.3 Å². The Morgan fingerprint density at radius 1 is 1.15 bits per heavy atom. The van der Waals surface area contributed by atoms with Crippen LogP contribution >= 0.6 is 0 Å². The molecule has 2 atom stereocenters. The number of rotatable bonds is 7. The monoisotopic (exact) mass is 375 g/mol. The van der Waals surface area contributed by atoms with Crippen molar-refractivity contribution in [3.05, 3.63) is 30.3 Å². The van der Waals surface area contributed by atoms with E-state index in [1.807, 2.05) is 35.2 Å². The van der Waals surface area contributed by atoms with Gasteiger partial charge in [-0.1, -0.05) is 18.2 Å². The number of nitrogens with zero attached hydrogens (tertiary/aromatic N) is 3. The van der Waals surface area contributed by atoms with Crippen molar-refractivity contribution in [3.8, 4) is 5.75 Å². The molecular weight excluding hydrogens is 342 g/mol. The van der Waals surface area contributed by atoms with Gasteiger partial charge in [-0.25, -0.2) is 0 Å². The van der Waals surface area contributed by atoms with Crippen molar-refractivity contribution >= 4 is 5.91 Å². The van der Waals surface area contributed by atoms with E-state index in [4.69, 9.17) is 4.74 Å². The Balaban J connectivity index is 1.55. The summed E-state index contributed by atoms with van der Waals surface area (Å²) in [5, 5.41) is 9.29. The fourth-order valence-corrected chi connectivity index (χ4v) is 4.27. The van der Waals surface area contributed by atoms with E-state index in [2.05, 4.69) is 16.8 Å². The molecule has 0 bridgehead atoms. The van der Waals surface area contributed by atoms with Gasteiger partial charge in [-0.05, 0) is 44.4 Å². The number of aliphatic hydroxyl groups excluding tert-OH is 1. The molecule has 3 rings (SSSR count). The number of carbonyl (C=O) groups excluding carboxylic acids is 1. The number of amides is 1. The summed E-state index contributed by atoms with van der Waals surface area (Å²) in [5.41, 5.74) is 0. The molecule has 6 heteroatoms.